The standard InChI is InChI=1S/C29H34ClN3O2/c30-27-10-7-20(21(19-34)4-3-14-31)16-22(27)17-33-29(12-13-29)26-18-32-15-11-24(26)25-5-1-2-6-28(25)35-23-8-9-23/h1-2,5-7,10-11,15-16,18,21,23,33-34H,3-4,8-9,12-14,17,19,31H2. The zero-order valence-electron chi connectivity index (χ0n) is 20.1. The fraction of sp³-hybridized carbons (Fsp3) is 0.414. The number of para-hydroxylation sites is 1. The van der Waals surface area contributed by atoms with Crippen molar-refractivity contribution in [3.63, 3.8) is 0 Å². The molecule has 5 nitrogen and oxygen atoms in total. The van der Waals surface area contributed by atoms with Gasteiger partial charge < -0.3 is 20.9 Å². The van der Waals surface area contributed by atoms with Crippen molar-refractivity contribution in [1.29, 1.82) is 0 Å². The number of hydrogen-bond donors (Lipinski definition) is 3. The molecule has 5 rings (SSSR count). The number of aromatic nitrogens is 1. The molecule has 2 aliphatic rings. The largest absolute Gasteiger partial charge is 0.490 e. The third-order valence-electron chi connectivity index (χ3n) is 7.22. The van der Waals surface area contributed by atoms with Crippen LogP contribution < -0.4 is 15.8 Å². The van der Waals surface area contributed by atoms with Crippen LogP contribution in [-0.2, 0) is 12.1 Å². The number of halogens is 1. The average Bonchev–Trinajstić information content (AvgIpc) is 3.82. The summed E-state index contributed by atoms with van der Waals surface area (Å²) in [5.74, 6) is 1.03. The zero-order chi connectivity index (χ0) is 24.3. The van der Waals surface area contributed by atoms with Gasteiger partial charge in [-0.3, -0.25) is 4.98 Å². The van der Waals surface area contributed by atoms with Crippen LogP contribution in [0.2, 0.25) is 5.02 Å². The number of pyridine rings is 1. The van der Waals surface area contributed by atoms with Crippen LogP contribution in [0.1, 0.15) is 61.1 Å². The van der Waals surface area contributed by atoms with Crippen molar-refractivity contribution in [1.82, 2.24) is 10.3 Å². The molecular formula is C29H34ClN3O2. The Kier molecular flexibility index (Phi) is 7.40. The number of nitrogens with one attached hydrogen (secondary N) is 1. The number of rotatable bonds is 12. The number of nitrogens with zero attached hydrogens (tertiary/aromatic N) is 1. The van der Waals surface area contributed by atoms with Gasteiger partial charge in [-0.25, -0.2) is 0 Å². The van der Waals surface area contributed by atoms with Crippen LogP contribution in [0.5, 0.6) is 5.75 Å². The molecule has 1 atom stereocenters. The second-order valence-electron chi connectivity index (χ2n) is 9.83. The quantitative estimate of drug-likeness (QED) is 0.310. The summed E-state index contributed by atoms with van der Waals surface area (Å²) in [6.07, 6.45) is 10.3. The first-order valence-electron chi connectivity index (χ1n) is 12.7. The summed E-state index contributed by atoms with van der Waals surface area (Å²) in [5, 5.41) is 14.4. The van der Waals surface area contributed by atoms with Crippen LogP contribution in [0.25, 0.3) is 11.1 Å². The second kappa shape index (κ2) is 10.7. The summed E-state index contributed by atoms with van der Waals surface area (Å²) in [6.45, 7) is 1.39. The van der Waals surface area contributed by atoms with Crippen molar-refractivity contribution >= 4 is 11.6 Å². The van der Waals surface area contributed by atoms with E-state index in [1.165, 1.54) is 11.1 Å². The minimum Gasteiger partial charge on any atom is -0.490 e. The van der Waals surface area contributed by atoms with E-state index >= 15 is 0 Å². The van der Waals surface area contributed by atoms with Crippen molar-refractivity contribution in [3.8, 4) is 16.9 Å². The summed E-state index contributed by atoms with van der Waals surface area (Å²) in [6, 6.07) is 16.5. The third kappa shape index (κ3) is 5.54. The average molecular weight is 492 g/mol. The van der Waals surface area contributed by atoms with E-state index in [1.807, 2.05) is 30.6 Å². The molecule has 35 heavy (non-hydrogen) atoms. The Morgan fingerprint density at radius 3 is 2.71 bits per heavy atom. The number of hydrogen-bond acceptors (Lipinski definition) is 5. The maximum Gasteiger partial charge on any atom is 0.127 e. The highest BCUT2D eigenvalue weighted by molar-refractivity contribution is 6.31. The Morgan fingerprint density at radius 1 is 1.14 bits per heavy atom. The Labute approximate surface area is 212 Å². The molecule has 1 aromatic heterocycles. The van der Waals surface area contributed by atoms with Crippen molar-refractivity contribution in [2.24, 2.45) is 5.73 Å². The number of nitrogens with two attached hydrogens (primary N) is 1. The van der Waals surface area contributed by atoms with E-state index in [2.05, 4.69) is 40.6 Å². The number of aliphatic hydroxyl groups excluding tert-OH is 1. The highest BCUT2D eigenvalue weighted by Gasteiger charge is 2.45. The molecule has 2 aliphatic carbocycles. The highest BCUT2D eigenvalue weighted by atomic mass is 35.5. The van der Waals surface area contributed by atoms with Gasteiger partial charge in [-0.05, 0) is 85.5 Å². The van der Waals surface area contributed by atoms with Gasteiger partial charge in [0.25, 0.3) is 0 Å². The van der Waals surface area contributed by atoms with Crippen LogP contribution in [-0.4, -0.2) is 29.3 Å². The van der Waals surface area contributed by atoms with Gasteiger partial charge in [-0.15, -0.1) is 0 Å². The van der Waals surface area contributed by atoms with E-state index in [4.69, 9.17) is 22.1 Å². The smallest absolute Gasteiger partial charge is 0.127 e. The second-order valence-corrected chi connectivity index (χ2v) is 10.2. The van der Waals surface area contributed by atoms with E-state index in [9.17, 15) is 5.11 Å². The van der Waals surface area contributed by atoms with E-state index in [0.29, 0.717) is 19.2 Å². The van der Waals surface area contributed by atoms with Crippen molar-refractivity contribution < 1.29 is 9.84 Å². The van der Waals surface area contributed by atoms with Gasteiger partial charge in [-0.2, -0.15) is 0 Å². The van der Waals surface area contributed by atoms with E-state index < -0.39 is 0 Å². The molecule has 1 heterocycles. The Bertz CT molecular complexity index is 1160. The third-order valence-corrected chi connectivity index (χ3v) is 7.59. The van der Waals surface area contributed by atoms with E-state index in [1.54, 1.807) is 0 Å². The predicted octanol–water partition coefficient (Wildman–Crippen LogP) is 5.54. The van der Waals surface area contributed by atoms with Gasteiger partial charge in [0.1, 0.15) is 5.75 Å². The summed E-state index contributed by atoms with van der Waals surface area (Å²) in [4.78, 5) is 4.48. The maximum atomic E-state index is 9.90. The molecule has 0 aliphatic heterocycles. The van der Waals surface area contributed by atoms with E-state index in [0.717, 1.165) is 66.0 Å². The SMILES string of the molecule is NCCCC(CO)c1ccc(Cl)c(CNC2(c3cnccc3-c3ccccc3OC3CC3)CC2)c1. The molecular weight excluding hydrogens is 458 g/mol. The summed E-state index contributed by atoms with van der Waals surface area (Å²) < 4.78 is 6.23. The molecule has 0 saturated heterocycles. The van der Waals surface area contributed by atoms with Crippen molar-refractivity contribution in [2.75, 3.05) is 13.2 Å². The molecule has 4 N–H and O–H groups in total. The summed E-state index contributed by atoms with van der Waals surface area (Å²) in [5.41, 5.74) is 11.2. The Balaban J connectivity index is 1.38. The number of aliphatic hydroxyl groups is 1. The lowest BCUT2D eigenvalue weighted by molar-refractivity contribution is 0.258. The van der Waals surface area contributed by atoms with Gasteiger partial charge in [0.2, 0.25) is 0 Å². The van der Waals surface area contributed by atoms with Crippen LogP contribution in [0.3, 0.4) is 0 Å². The van der Waals surface area contributed by atoms with Crippen LogP contribution in [0.4, 0.5) is 0 Å². The van der Waals surface area contributed by atoms with E-state index in [-0.39, 0.29) is 18.1 Å². The topological polar surface area (TPSA) is 80.4 Å². The van der Waals surface area contributed by atoms with Crippen LogP contribution >= 0.6 is 11.6 Å². The molecule has 2 fully saturated rings. The minimum absolute atomic E-state index is 0.0809. The lowest BCUT2D eigenvalue weighted by Crippen LogP contribution is -2.29. The lowest BCUT2D eigenvalue weighted by atomic mass is 9.93. The monoisotopic (exact) mass is 491 g/mol. The highest BCUT2D eigenvalue weighted by Crippen LogP contribution is 2.50. The predicted molar refractivity (Wildman–Crippen MR) is 141 cm³/mol. The van der Waals surface area contributed by atoms with Gasteiger partial charge >= 0.3 is 0 Å². The normalized spacial score (nSPS) is 17.2. The lowest BCUT2D eigenvalue weighted by Gasteiger charge is -2.23. The maximum absolute atomic E-state index is 9.90. The first-order valence-corrected chi connectivity index (χ1v) is 13.1. The van der Waals surface area contributed by atoms with Gasteiger partial charge in [0.05, 0.1) is 6.10 Å². The minimum atomic E-state index is -0.133. The molecule has 0 amide bonds. The molecule has 2 aromatic carbocycles. The molecule has 0 bridgehead atoms. The Hall–Kier alpha value is -2.44. The molecule has 2 saturated carbocycles. The van der Waals surface area contributed by atoms with Gasteiger partial charge in [-0.1, -0.05) is 41.9 Å². The van der Waals surface area contributed by atoms with Gasteiger partial charge in [0.15, 0.2) is 0 Å². The summed E-state index contributed by atoms with van der Waals surface area (Å²) in [7, 11) is 0. The molecule has 184 valence electrons. The number of benzene rings is 2. The first-order chi connectivity index (χ1) is 17.1. The molecule has 1 unspecified atom stereocenters. The molecule has 6 heteroatoms. The Morgan fingerprint density at radius 2 is 1.97 bits per heavy atom. The molecule has 0 radical (unpaired) electrons. The van der Waals surface area contributed by atoms with Crippen LogP contribution in [0.15, 0.2) is 60.9 Å². The van der Waals surface area contributed by atoms with Crippen molar-refractivity contribution in [3.05, 3.63) is 82.6 Å². The van der Waals surface area contributed by atoms with Crippen molar-refractivity contribution in [2.45, 2.75) is 62.6 Å². The molecule has 0 spiro atoms. The fourth-order valence-electron chi connectivity index (χ4n) is 4.81. The number of ether oxygens (including phenoxy) is 1. The van der Waals surface area contributed by atoms with Crippen LogP contribution in [0, 0.1) is 0 Å². The zero-order valence-corrected chi connectivity index (χ0v) is 20.8. The fourth-order valence-corrected chi connectivity index (χ4v) is 4.99. The first kappa shape index (κ1) is 24.3. The summed E-state index contributed by atoms with van der Waals surface area (Å²) >= 11 is 6.59. The van der Waals surface area contributed by atoms with Gasteiger partial charge in [0, 0.05) is 47.6 Å². The molecule has 3 aromatic rings.